The fourth-order valence-corrected chi connectivity index (χ4v) is 2.75. The normalized spacial score (nSPS) is 10.3. The van der Waals surface area contributed by atoms with Crippen molar-refractivity contribution in [1.82, 2.24) is 0 Å². The molecule has 0 saturated heterocycles. The first-order valence-corrected chi connectivity index (χ1v) is 9.18. The summed E-state index contributed by atoms with van der Waals surface area (Å²) < 4.78 is 11.1. The monoisotopic (exact) mass is 356 g/mol. The zero-order valence-electron chi connectivity index (χ0n) is 16.0. The van der Waals surface area contributed by atoms with E-state index in [9.17, 15) is 4.79 Å². The van der Waals surface area contributed by atoms with Gasteiger partial charge in [0.2, 0.25) is 0 Å². The van der Waals surface area contributed by atoms with Crippen LogP contribution in [0.5, 0.6) is 11.5 Å². The van der Waals surface area contributed by atoms with Gasteiger partial charge in [0.15, 0.2) is 0 Å². The third-order valence-corrected chi connectivity index (χ3v) is 4.07. The van der Waals surface area contributed by atoms with E-state index in [-0.39, 0.29) is 5.91 Å². The van der Waals surface area contributed by atoms with E-state index in [1.54, 1.807) is 6.07 Å². The van der Waals surface area contributed by atoms with Crippen LogP contribution in [0.25, 0.3) is 0 Å². The largest absolute Gasteiger partial charge is 0.494 e. The summed E-state index contributed by atoms with van der Waals surface area (Å²) in [7, 11) is 0. The molecule has 2 aromatic rings. The van der Waals surface area contributed by atoms with E-state index >= 15 is 0 Å². The maximum Gasteiger partial charge on any atom is 0.255 e. The molecule has 0 saturated carbocycles. The van der Waals surface area contributed by atoms with Gasteiger partial charge >= 0.3 is 0 Å². The summed E-state index contributed by atoms with van der Waals surface area (Å²) in [4.78, 5) is 14.9. The molecule has 0 aliphatic carbocycles. The van der Waals surface area contributed by atoms with E-state index in [0.717, 1.165) is 18.8 Å². The van der Waals surface area contributed by atoms with Crippen molar-refractivity contribution in [2.45, 2.75) is 27.7 Å². The molecular weight excluding hydrogens is 328 g/mol. The Hall–Kier alpha value is -2.69. The van der Waals surface area contributed by atoms with Gasteiger partial charge in [-0.25, -0.2) is 0 Å². The number of carbonyl (C=O) groups excluding carboxylic acids is 1. The second-order valence-corrected chi connectivity index (χ2v) is 5.70. The Morgan fingerprint density at radius 2 is 1.58 bits per heavy atom. The van der Waals surface area contributed by atoms with E-state index in [1.165, 1.54) is 0 Å². The first kappa shape index (κ1) is 19.6. The van der Waals surface area contributed by atoms with Crippen LogP contribution >= 0.6 is 0 Å². The van der Waals surface area contributed by atoms with E-state index in [4.69, 9.17) is 9.47 Å². The van der Waals surface area contributed by atoms with Gasteiger partial charge in [-0.3, -0.25) is 4.79 Å². The molecule has 0 atom stereocenters. The number of nitrogens with zero attached hydrogens (tertiary/aromatic N) is 1. The molecule has 0 heterocycles. The molecule has 0 unspecified atom stereocenters. The van der Waals surface area contributed by atoms with Gasteiger partial charge < -0.3 is 19.7 Å². The molecule has 0 fully saturated rings. The fraction of sp³-hybridized carbons (Fsp3) is 0.381. The first-order valence-electron chi connectivity index (χ1n) is 9.18. The van der Waals surface area contributed by atoms with E-state index < -0.39 is 0 Å². The number of rotatable bonds is 9. The van der Waals surface area contributed by atoms with Crippen LogP contribution in [0, 0.1) is 0 Å². The van der Waals surface area contributed by atoms with Gasteiger partial charge in [-0.1, -0.05) is 0 Å². The highest BCUT2D eigenvalue weighted by atomic mass is 16.5. The lowest BCUT2D eigenvalue weighted by atomic mass is 10.1. The Kier molecular flexibility index (Phi) is 7.33. The van der Waals surface area contributed by atoms with Crippen LogP contribution in [0.15, 0.2) is 42.5 Å². The van der Waals surface area contributed by atoms with Crippen molar-refractivity contribution in [3.8, 4) is 11.5 Å². The summed E-state index contributed by atoms with van der Waals surface area (Å²) in [6.45, 7) is 11.0. The molecule has 1 N–H and O–H groups in total. The quantitative estimate of drug-likeness (QED) is 0.714. The van der Waals surface area contributed by atoms with Gasteiger partial charge in [0, 0.05) is 30.4 Å². The molecule has 2 rings (SSSR count). The molecule has 5 heteroatoms. The molecule has 0 bridgehead atoms. The van der Waals surface area contributed by atoms with Crippen LogP contribution in [-0.4, -0.2) is 32.2 Å². The summed E-state index contributed by atoms with van der Waals surface area (Å²) >= 11 is 0. The Balaban J connectivity index is 2.19. The molecule has 0 aliphatic rings. The third kappa shape index (κ3) is 4.91. The van der Waals surface area contributed by atoms with Gasteiger partial charge in [0.1, 0.15) is 11.5 Å². The molecule has 0 aromatic heterocycles. The van der Waals surface area contributed by atoms with Gasteiger partial charge in [-0.15, -0.1) is 0 Å². The molecule has 5 nitrogen and oxygen atoms in total. The summed E-state index contributed by atoms with van der Waals surface area (Å²) in [6.07, 6.45) is 0. The minimum atomic E-state index is -0.175. The molecular formula is C21H28N2O3. The number of hydrogen-bond donors (Lipinski definition) is 1. The number of benzene rings is 2. The number of hydrogen-bond acceptors (Lipinski definition) is 4. The summed E-state index contributed by atoms with van der Waals surface area (Å²) in [5.74, 6) is 1.15. The van der Waals surface area contributed by atoms with Crippen LogP contribution in [0.1, 0.15) is 38.1 Å². The average molecular weight is 356 g/mol. The number of carbonyl (C=O) groups is 1. The SMILES string of the molecule is CCOc1ccc(OCC)c(NC(=O)c2ccc(N(CC)CC)cc2)c1. The Labute approximate surface area is 155 Å². The van der Waals surface area contributed by atoms with E-state index in [2.05, 4.69) is 24.1 Å². The average Bonchev–Trinajstić information content (AvgIpc) is 2.66. The molecule has 0 radical (unpaired) electrons. The number of ether oxygens (including phenoxy) is 2. The topological polar surface area (TPSA) is 50.8 Å². The standard InChI is InChI=1S/C21H28N2O3/c1-5-23(6-2)17-11-9-16(10-12-17)21(24)22-19-15-18(25-7-3)13-14-20(19)26-8-4/h9-15H,5-8H2,1-4H3,(H,22,24). The van der Waals surface area contributed by atoms with Crippen molar-refractivity contribution in [3.63, 3.8) is 0 Å². The zero-order chi connectivity index (χ0) is 18.9. The highest BCUT2D eigenvalue weighted by Gasteiger charge is 2.12. The Bertz CT molecular complexity index is 710. The fourth-order valence-electron chi connectivity index (χ4n) is 2.75. The lowest BCUT2D eigenvalue weighted by Gasteiger charge is -2.21. The van der Waals surface area contributed by atoms with Crippen molar-refractivity contribution < 1.29 is 14.3 Å². The molecule has 26 heavy (non-hydrogen) atoms. The molecule has 1 amide bonds. The zero-order valence-corrected chi connectivity index (χ0v) is 16.0. The molecule has 0 spiro atoms. The third-order valence-electron chi connectivity index (χ3n) is 4.07. The lowest BCUT2D eigenvalue weighted by molar-refractivity contribution is 0.102. The van der Waals surface area contributed by atoms with E-state index in [0.29, 0.717) is 36.0 Å². The summed E-state index contributed by atoms with van der Waals surface area (Å²) in [5, 5.41) is 2.93. The molecule has 0 aliphatic heterocycles. The number of amides is 1. The van der Waals surface area contributed by atoms with Gasteiger partial charge in [-0.05, 0) is 64.1 Å². The van der Waals surface area contributed by atoms with E-state index in [1.807, 2.05) is 50.2 Å². The first-order chi connectivity index (χ1) is 12.6. The summed E-state index contributed by atoms with van der Waals surface area (Å²) in [5.41, 5.74) is 2.32. The maximum absolute atomic E-state index is 12.6. The van der Waals surface area contributed by atoms with Crippen LogP contribution in [0.3, 0.4) is 0 Å². The Morgan fingerprint density at radius 1 is 0.923 bits per heavy atom. The molecule has 140 valence electrons. The van der Waals surface area contributed by atoms with Crippen molar-refractivity contribution in [2.24, 2.45) is 0 Å². The smallest absolute Gasteiger partial charge is 0.255 e. The van der Waals surface area contributed by atoms with Crippen molar-refractivity contribution in [3.05, 3.63) is 48.0 Å². The van der Waals surface area contributed by atoms with Crippen LogP contribution in [0.2, 0.25) is 0 Å². The van der Waals surface area contributed by atoms with Crippen LogP contribution in [-0.2, 0) is 0 Å². The van der Waals surface area contributed by atoms with Crippen molar-refractivity contribution in [2.75, 3.05) is 36.5 Å². The second-order valence-electron chi connectivity index (χ2n) is 5.70. The highest BCUT2D eigenvalue weighted by Crippen LogP contribution is 2.30. The predicted octanol–water partition coefficient (Wildman–Crippen LogP) is 4.58. The predicted molar refractivity (Wildman–Crippen MR) is 107 cm³/mol. The highest BCUT2D eigenvalue weighted by molar-refractivity contribution is 6.05. The lowest BCUT2D eigenvalue weighted by Crippen LogP contribution is -2.21. The minimum absolute atomic E-state index is 0.175. The summed E-state index contributed by atoms with van der Waals surface area (Å²) in [6, 6.07) is 13.1. The van der Waals surface area contributed by atoms with Crippen molar-refractivity contribution >= 4 is 17.3 Å². The minimum Gasteiger partial charge on any atom is -0.494 e. The number of anilines is 2. The van der Waals surface area contributed by atoms with Gasteiger partial charge in [0.05, 0.1) is 18.9 Å². The van der Waals surface area contributed by atoms with Crippen molar-refractivity contribution in [1.29, 1.82) is 0 Å². The van der Waals surface area contributed by atoms with Crippen LogP contribution in [0.4, 0.5) is 11.4 Å². The maximum atomic E-state index is 12.6. The molecule has 2 aromatic carbocycles. The van der Waals surface area contributed by atoms with Gasteiger partial charge in [0.25, 0.3) is 5.91 Å². The number of nitrogens with one attached hydrogen (secondary N) is 1. The Morgan fingerprint density at radius 3 is 2.15 bits per heavy atom. The van der Waals surface area contributed by atoms with Crippen LogP contribution < -0.4 is 19.7 Å². The second kappa shape index (κ2) is 9.70. The van der Waals surface area contributed by atoms with Gasteiger partial charge in [-0.2, -0.15) is 0 Å².